The first kappa shape index (κ1) is 10.4. The van der Waals surface area contributed by atoms with Gasteiger partial charge in [-0.2, -0.15) is 0 Å². The molecule has 1 nitrogen and oxygen atoms in total. The second-order valence-electron chi connectivity index (χ2n) is 2.63. The van der Waals surface area contributed by atoms with Crippen molar-refractivity contribution in [3.63, 3.8) is 0 Å². The van der Waals surface area contributed by atoms with Crippen molar-refractivity contribution in [3.05, 3.63) is 12.2 Å². The van der Waals surface area contributed by atoms with Crippen LogP contribution in [0.3, 0.4) is 0 Å². The summed E-state index contributed by atoms with van der Waals surface area (Å²) < 4.78 is 0. The number of aliphatic imine (C=N–C) groups is 1. The van der Waals surface area contributed by atoms with Crippen LogP contribution in [0, 0.1) is 0 Å². The van der Waals surface area contributed by atoms with Crippen LogP contribution in [0.4, 0.5) is 0 Å². The lowest BCUT2D eigenvalue weighted by Crippen LogP contribution is -1.77. The summed E-state index contributed by atoms with van der Waals surface area (Å²) in [5.41, 5.74) is 0. The van der Waals surface area contributed by atoms with Crippen LogP contribution in [-0.2, 0) is 0 Å². The van der Waals surface area contributed by atoms with Crippen molar-refractivity contribution in [2.24, 2.45) is 4.99 Å². The highest BCUT2D eigenvalue weighted by Gasteiger charge is 1.75. The largest absolute Gasteiger partial charge is 0.293 e. The summed E-state index contributed by atoms with van der Waals surface area (Å²) in [6.45, 7) is 5.34. The lowest BCUT2D eigenvalue weighted by Gasteiger charge is -1.86. The van der Waals surface area contributed by atoms with E-state index in [2.05, 4.69) is 24.9 Å². The maximum atomic E-state index is 4.22. The second kappa shape index (κ2) is 9.41. The molecule has 0 heterocycles. The van der Waals surface area contributed by atoms with Gasteiger partial charge in [0.2, 0.25) is 0 Å². The molecule has 0 aliphatic carbocycles. The van der Waals surface area contributed by atoms with Crippen LogP contribution < -0.4 is 0 Å². The van der Waals surface area contributed by atoms with Gasteiger partial charge in [-0.05, 0) is 18.9 Å². The van der Waals surface area contributed by atoms with Gasteiger partial charge in [0.05, 0.1) is 0 Å². The van der Waals surface area contributed by atoms with E-state index in [0.29, 0.717) is 0 Å². The topological polar surface area (TPSA) is 12.4 Å². The van der Waals surface area contributed by atoms with Gasteiger partial charge < -0.3 is 0 Å². The van der Waals surface area contributed by atoms with Crippen molar-refractivity contribution in [1.29, 1.82) is 0 Å². The molecule has 0 aromatic carbocycles. The molecule has 0 saturated heterocycles. The summed E-state index contributed by atoms with van der Waals surface area (Å²) >= 11 is 0. The van der Waals surface area contributed by atoms with E-state index in [1.54, 1.807) is 0 Å². The molecule has 0 atom stereocenters. The zero-order valence-corrected chi connectivity index (χ0v) is 7.71. The fraction of sp³-hybridized carbons (Fsp3) is 0.700. The first-order valence-electron chi connectivity index (χ1n) is 4.56. The van der Waals surface area contributed by atoms with Gasteiger partial charge in [0.1, 0.15) is 0 Å². The summed E-state index contributed by atoms with van der Waals surface area (Å²) in [5.74, 6) is 0. The quantitative estimate of drug-likeness (QED) is 0.410. The Hall–Kier alpha value is -0.590. The number of allylic oxidation sites excluding steroid dienone is 2. The van der Waals surface area contributed by atoms with E-state index in [1.807, 2.05) is 12.3 Å². The van der Waals surface area contributed by atoms with Crippen LogP contribution in [0.2, 0.25) is 0 Å². The van der Waals surface area contributed by atoms with Gasteiger partial charge >= 0.3 is 0 Å². The minimum Gasteiger partial charge on any atom is -0.293 e. The molecule has 0 aliphatic rings. The molecule has 0 aliphatic heterocycles. The van der Waals surface area contributed by atoms with Crippen LogP contribution in [0.5, 0.6) is 0 Å². The summed E-state index contributed by atoms with van der Waals surface area (Å²) in [7, 11) is 0. The Bertz CT molecular complexity index is 114. The van der Waals surface area contributed by atoms with Crippen molar-refractivity contribution in [2.75, 3.05) is 6.54 Å². The van der Waals surface area contributed by atoms with E-state index in [-0.39, 0.29) is 0 Å². The Balaban J connectivity index is 3.14. The molecule has 0 radical (unpaired) electrons. The van der Waals surface area contributed by atoms with E-state index in [4.69, 9.17) is 0 Å². The van der Waals surface area contributed by atoms with E-state index in [1.165, 1.54) is 25.7 Å². The maximum Gasteiger partial charge on any atom is 0.0389 e. The second-order valence-corrected chi connectivity index (χ2v) is 2.63. The highest BCUT2D eigenvalue weighted by Crippen LogP contribution is 1.88. The Morgan fingerprint density at radius 3 is 2.64 bits per heavy atom. The molecule has 0 fully saturated rings. The average molecular weight is 153 g/mol. The highest BCUT2D eigenvalue weighted by atomic mass is 14.7. The van der Waals surface area contributed by atoms with Crippen LogP contribution in [0.15, 0.2) is 17.1 Å². The number of unbranched alkanes of at least 4 members (excludes halogenated alkanes) is 2. The SMILES string of the molecule is CCC/C=C/C=N\CCCC. The third-order valence-corrected chi connectivity index (χ3v) is 1.42. The van der Waals surface area contributed by atoms with Gasteiger partial charge in [0.15, 0.2) is 0 Å². The van der Waals surface area contributed by atoms with Gasteiger partial charge in [-0.3, -0.25) is 4.99 Å². The van der Waals surface area contributed by atoms with E-state index < -0.39 is 0 Å². The molecule has 11 heavy (non-hydrogen) atoms. The molecule has 0 spiro atoms. The van der Waals surface area contributed by atoms with Gasteiger partial charge in [-0.25, -0.2) is 0 Å². The molecule has 0 unspecified atom stereocenters. The molecule has 0 aromatic rings. The zero-order valence-electron chi connectivity index (χ0n) is 7.71. The fourth-order valence-electron chi connectivity index (χ4n) is 0.709. The number of nitrogens with zero attached hydrogens (tertiary/aromatic N) is 1. The molecule has 0 amide bonds. The zero-order chi connectivity index (χ0) is 8.36. The Kier molecular flexibility index (Phi) is 8.91. The monoisotopic (exact) mass is 153 g/mol. The number of rotatable bonds is 6. The third kappa shape index (κ3) is 9.41. The average Bonchev–Trinajstić information content (AvgIpc) is 2.03. The van der Waals surface area contributed by atoms with Crippen LogP contribution in [-0.4, -0.2) is 12.8 Å². The van der Waals surface area contributed by atoms with Gasteiger partial charge in [0, 0.05) is 12.8 Å². The number of hydrogen-bond donors (Lipinski definition) is 0. The molecule has 1 heteroatoms. The van der Waals surface area contributed by atoms with Crippen molar-refractivity contribution in [3.8, 4) is 0 Å². The molecule has 0 saturated carbocycles. The third-order valence-electron chi connectivity index (χ3n) is 1.42. The molecule has 0 N–H and O–H groups in total. The predicted octanol–water partition coefficient (Wildman–Crippen LogP) is 3.21. The molecule has 0 rings (SSSR count). The van der Waals surface area contributed by atoms with Crippen LogP contribution >= 0.6 is 0 Å². The highest BCUT2D eigenvalue weighted by molar-refractivity contribution is 5.70. The van der Waals surface area contributed by atoms with E-state index in [9.17, 15) is 0 Å². The molecule has 0 aromatic heterocycles. The normalized spacial score (nSPS) is 11.8. The van der Waals surface area contributed by atoms with Crippen molar-refractivity contribution >= 4 is 6.21 Å². The lowest BCUT2D eigenvalue weighted by molar-refractivity contribution is 0.810. The number of hydrogen-bond acceptors (Lipinski definition) is 1. The summed E-state index contributed by atoms with van der Waals surface area (Å²) in [6, 6.07) is 0. The first-order chi connectivity index (χ1) is 5.41. The van der Waals surface area contributed by atoms with Crippen molar-refractivity contribution in [1.82, 2.24) is 0 Å². The molecular weight excluding hydrogens is 134 g/mol. The fourth-order valence-corrected chi connectivity index (χ4v) is 0.709. The minimum absolute atomic E-state index is 0.979. The Morgan fingerprint density at radius 2 is 2.00 bits per heavy atom. The summed E-state index contributed by atoms with van der Waals surface area (Å²) in [6.07, 6.45) is 10.9. The summed E-state index contributed by atoms with van der Waals surface area (Å²) in [4.78, 5) is 4.22. The van der Waals surface area contributed by atoms with Crippen molar-refractivity contribution < 1.29 is 0 Å². The Morgan fingerprint density at radius 1 is 1.18 bits per heavy atom. The van der Waals surface area contributed by atoms with Gasteiger partial charge in [-0.1, -0.05) is 32.8 Å². The maximum absolute atomic E-state index is 4.22. The van der Waals surface area contributed by atoms with Gasteiger partial charge in [-0.15, -0.1) is 0 Å². The van der Waals surface area contributed by atoms with Gasteiger partial charge in [0.25, 0.3) is 0 Å². The van der Waals surface area contributed by atoms with E-state index >= 15 is 0 Å². The minimum atomic E-state index is 0.979. The molecule has 64 valence electrons. The van der Waals surface area contributed by atoms with Crippen molar-refractivity contribution in [2.45, 2.75) is 39.5 Å². The lowest BCUT2D eigenvalue weighted by atomic mass is 10.3. The summed E-state index contributed by atoms with van der Waals surface area (Å²) in [5, 5.41) is 0. The molecular formula is C10H19N. The van der Waals surface area contributed by atoms with Crippen LogP contribution in [0.25, 0.3) is 0 Å². The predicted molar refractivity (Wildman–Crippen MR) is 52.3 cm³/mol. The smallest absolute Gasteiger partial charge is 0.0389 e. The van der Waals surface area contributed by atoms with E-state index in [0.717, 1.165) is 6.54 Å². The Labute approximate surface area is 70.2 Å². The first-order valence-corrected chi connectivity index (χ1v) is 4.56. The molecule has 0 bridgehead atoms. The standard InChI is InChI=1S/C10H19N/c1-3-5-7-8-10-11-9-6-4-2/h7-8,10H,3-6,9H2,1-2H3/b8-7+,11-10-. The van der Waals surface area contributed by atoms with Crippen LogP contribution in [0.1, 0.15) is 39.5 Å².